The predicted molar refractivity (Wildman–Crippen MR) is 97.3 cm³/mol. The van der Waals surface area contributed by atoms with Crippen LogP contribution < -0.4 is 5.32 Å². The highest BCUT2D eigenvalue weighted by Crippen LogP contribution is 2.36. The summed E-state index contributed by atoms with van der Waals surface area (Å²) in [5.74, 6) is -0.433. The van der Waals surface area contributed by atoms with Gasteiger partial charge in [-0.05, 0) is 37.0 Å². The quantitative estimate of drug-likeness (QED) is 0.545. The molecule has 3 atom stereocenters. The summed E-state index contributed by atoms with van der Waals surface area (Å²) in [6.07, 6.45) is 3.79. The van der Waals surface area contributed by atoms with E-state index in [9.17, 15) is 20.1 Å². The van der Waals surface area contributed by atoms with Crippen molar-refractivity contribution >= 4 is 23.7 Å². The van der Waals surface area contributed by atoms with Gasteiger partial charge in [0.1, 0.15) is 0 Å². The molecule has 138 valence electrons. The molecule has 0 aromatic heterocycles. The molecular weight excluding hydrogens is 344 g/mol. The Hall–Kier alpha value is -1.47. The smallest absolute Gasteiger partial charge is 0.224 e. The largest absolute Gasteiger partial charge is 0.392 e. The fourth-order valence-corrected chi connectivity index (χ4v) is 3.73. The first-order valence-electron chi connectivity index (χ1n) is 8.45. The predicted octanol–water partition coefficient (Wildman–Crippen LogP) is 1.41. The number of allylic oxidation sites excluding steroid dienone is 2. The molecule has 2 aliphatic heterocycles. The van der Waals surface area contributed by atoms with Gasteiger partial charge in [-0.25, -0.2) is 0 Å². The van der Waals surface area contributed by atoms with Crippen molar-refractivity contribution < 1.29 is 20.1 Å². The van der Waals surface area contributed by atoms with Gasteiger partial charge in [0.25, 0.3) is 0 Å². The van der Waals surface area contributed by atoms with Crippen LogP contribution in [-0.2, 0) is 4.79 Å². The minimum atomic E-state index is -0.927. The van der Waals surface area contributed by atoms with E-state index in [4.69, 9.17) is 11.6 Å². The minimum absolute atomic E-state index is 0.118. The Morgan fingerprint density at radius 3 is 2.68 bits per heavy atom. The van der Waals surface area contributed by atoms with Crippen LogP contribution in [0.15, 0.2) is 38.5 Å². The first-order chi connectivity index (χ1) is 11.9. The van der Waals surface area contributed by atoms with Gasteiger partial charge >= 0.3 is 0 Å². The van der Waals surface area contributed by atoms with Crippen LogP contribution in [0.3, 0.4) is 0 Å². The van der Waals surface area contributed by atoms with Crippen LogP contribution in [0.25, 0.3) is 0 Å². The van der Waals surface area contributed by atoms with E-state index < -0.39 is 6.10 Å². The number of halogens is 1. The van der Waals surface area contributed by atoms with Crippen LogP contribution in [-0.4, -0.2) is 52.8 Å². The molecule has 0 aromatic rings. The Bertz CT molecular complexity index is 647. The maximum Gasteiger partial charge on any atom is 0.224 e. The molecule has 0 bridgehead atoms. The number of carbonyl (C=O) groups is 1. The molecule has 2 aliphatic rings. The lowest BCUT2D eigenvalue weighted by atomic mass is 9.80. The first kappa shape index (κ1) is 19.8. The number of rotatable bonds is 7. The van der Waals surface area contributed by atoms with Crippen LogP contribution in [0.1, 0.15) is 33.1 Å². The van der Waals surface area contributed by atoms with E-state index in [0.717, 1.165) is 5.57 Å². The van der Waals surface area contributed by atoms with Gasteiger partial charge in [0.2, 0.25) is 5.91 Å². The number of nitrogens with one attached hydrogen (secondary N) is 1. The number of aliphatic hydroxyl groups excluding tert-OH is 3. The Kier molecular flexibility index (Phi) is 6.95. The SMILES string of the molecule is CCC(C1N=CC=C1CO)C(O)/C(C1=C(CO)NC(=O)CC1)=C(\C)Cl. The third kappa shape index (κ3) is 4.20. The standard InChI is InChI=1S/C18H25ClN2O4/c1-3-12(17-11(8-22)6-7-20-17)18(25)16(10(2)19)13-4-5-15(24)21-14(13)9-23/h6-7,12,17-18,22-23,25H,3-5,8-9H2,1-2H3,(H,21,24)/b16-10+. The van der Waals surface area contributed by atoms with Crippen LogP contribution in [0.2, 0.25) is 0 Å². The molecule has 0 aliphatic carbocycles. The van der Waals surface area contributed by atoms with Crippen molar-refractivity contribution in [3.05, 3.63) is 33.5 Å². The average Bonchev–Trinajstić information content (AvgIpc) is 3.05. The third-order valence-electron chi connectivity index (χ3n) is 4.79. The van der Waals surface area contributed by atoms with E-state index >= 15 is 0 Å². The maximum atomic E-state index is 11.6. The van der Waals surface area contributed by atoms with Gasteiger partial charge in [0, 0.05) is 34.9 Å². The number of amides is 1. The molecule has 0 aromatic carbocycles. The van der Waals surface area contributed by atoms with Gasteiger partial charge in [0.05, 0.1) is 25.4 Å². The highest BCUT2D eigenvalue weighted by molar-refractivity contribution is 6.30. The Morgan fingerprint density at radius 2 is 2.12 bits per heavy atom. The number of aliphatic imine (C=N–C) groups is 1. The van der Waals surface area contributed by atoms with Crippen molar-refractivity contribution in [2.75, 3.05) is 13.2 Å². The molecule has 0 saturated carbocycles. The molecule has 2 heterocycles. The summed E-state index contributed by atoms with van der Waals surface area (Å²) in [6.45, 7) is 3.18. The molecule has 0 radical (unpaired) electrons. The normalized spacial score (nSPS) is 24.0. The molecule has 4 N–H and O–H groups in total. The lowest BCUT2D eigenvalue weighted by Gasteiger charge is -2.32. The second kappa shape index (κ2) is 8.76. The van der Waals surface area contributed by atoms with E-state index in [0.29, 0.717) is 34.7 Å². The topological polar surface area (TPSA) is 102 Å². The molecule has 6 nitrogen and oxygen atoms in total. The van der Waals surface area contributed by atoms with Gasteiger partial charge in [0.15, 0.2) is 0 Å². The van der Waals surface area contributed by atoms with Gasteiger partial charge in [-0.15, -0.1) is 0 Å². The van der Waals surface area contributed by atoms with Crippen LogP contribution in [0.5, 0.6) is 0 Å². The molecule has 3 unspecified atom stereocenters. The zero-order valence-electron chi connectivity index (χ0n) is 14.5. The van der Waals surface area contributed by atoms with Gasteiger partial charge in [-0.1, -0.05) is 18.5 Å². The molecular formula is C18H25ClN2O4. The van der Waals surface area contributed by atoms with Crippen molar-refractivity contribution in [2.24, 2.45) is 10.9 Å². The maximum absolute atomic E-state index is 11.6. The van der Waals surface area contributed by atoms with Crippen molar-refractivity contribution in [3.63, 3.8) is 0 Å². The zero-order chi connectivity index (χ0) is 18.6. The summed E-state index contributed by atoms with van der Waals surface area (Å²) in [7, 11) is 0. The number of hydrogen-bond acceptors (Lipinski definition) is 5. The third-order valence-corrected chi connectivity index (χ3v) is 4.99. The monoisotopic (exact) mass is 368 g/mol. The molecule has 2 rings (SSSR count). The summed E-state index contributed by atoms with van der Waals surface area (Å²) in [5, 5.41) is 33.3. The lowest BCUT2D eigenvalue weighted by molar-refractivity contribution is -0.120. The van der Waals surface area contributed by atoms with Crippen LogP contribution in [0, 0.1) is 5.92 Å². The van der Waals surface area contributed by atoms with E-state index in [-0.39, 0.29) is 37.5 Å². The molecule has 0 saturated heterocycles. The van der Waals surface area contributed by atoms with Gasteiger partial charge in [-0.2, -0.15) is 0 Å². The van der Waals surface area contributed by atoms with Crippen molar-refractivity contribution in [1.29, 1.82) is 0 Å². The number of aliphatic hydroxyl groups is 3. The van der Waals surface area contributed by atoms with E-state index in [2.05, 4.69) is 10.3 Å². The number of hydrogen-bond donors (Lipinski definition) is 4. The molecule has 25 heavy (non-hydrogen) atoms. The lowest BCUT2D eigenvalue weighted by Crippen LogP contribution is -2.37. The Balaban J connectivity index is 2.40. The summed E-state index contributed by atoms with van der Waals surface area (Å²) in [5.41, 5.74) is 2.34. The second-order valence-electron chi connectivity index (χ2n) is 6.27. The van der Waals surface area contributed by atoms with E-state index in [1.54, 1.807) is 19.2 Å². The summed E-state index contributed by atoms with van der Waals surface area (Å²) < 4.78 is 0. The molecule has 1 amide bonds. The van der Waals surface area contributed by atoms with E-state index in [1.807, 2.05) is 6.92 Å². The summed E-state index contributed by atoms with van der Waals surface area (Å²) >= 11 is 6.30. The van der Waals surface area contributed by atoms with Crippen LogP contribution in [0.4, 0.5) is 0 Å². The molecule has 7 heteroatoms. The summed E-state index contributed by atoms with van der Waals surface area (Å²) in [4.78, 5) is 16.0. The molecule has 0 fully saturated rings. The average molecular weight is 369 g/mol. The Morgan fingerprint density at radius 1 is 1.40 bits per heavy atom. The van der Waals surface area contributed by atoms with Crippen molar-refractivity contribution in [1.82, 2.24) is 5.32 Å². The van der Waals surface area contributed by atoms with Crippen LogP contribution >= 0.6 is 11.6 Å². The number of nitrogens with zero attached hydrogens (tertiary/aromatic N) is 1. The Labute approximate surface area is 152 Å². The summed E-state index contributed by atoms with van der Waals surface area (Å²) in [6, 6.07) is -0.313. The fraction of sp³-hybridized carbons (Fsp3) is 0.556. The van der Waals surface area contributed by atoms with Crippen molar-refractivity contribution in [3.8, 4) is 0 Å². The highest BCUT2D eigenvalue weighted by atomic mass is 35.5. The second-order valence-corrected chi connectivity index (χ2v) is 6.84. The van der Waals surface area contributed by atoms with E-state index in [1.165, 1.54) is 0 Å². The zero-order valence-corrected chi connectivity index (χ0v) is 15.3. The minimum Gasteiger partial charge on any atom is -0.392 e. The highest BCUT2D eigenvalue weighted by Gasteiger charge is 2.35. The first-order valence-corrected chi connectivity index (χ1v) is 8.82. The van der Waals surface area contributed by atoms with Gasteiger partial charge in [-0.3, -0.25) is 9.79 Å². The number of carbonyl (C=O) groups excluding carboxylic acids is 1. The fourth-order valence-electron chi connectivity index (χ4n) is 3.51. The van der Waals surface area contributed by atoms with Crippen molar-refractivity contribution in [2.45, 2.75) is 45.3 Å². The van der Waals surface area contributed by atoms with Gasteiger partial charge < -0.3 is 20.6 Å². The molecule has 0 spiro atoms.